The number of likely N-dealkylation sites (N-methyl/N-ethyl adjacent to an activating group) is 1. The molecule has 0 saturated carbocycles. The van der Waals surface area contributed by atoms with Crippen LogP contribution < -0.4 is 5.32 Å². The maximum atomic E-state index is 12.5. The van der Waals surface area contributed by atoms with Crippen molar-refractivity contribution in [3.05, 3.63) is 35.4 Å². The highest BCUT2D eigenvalue weighted by atomic mass is 35.5. The smallest absolute Gasteiger partial charge is 0.317 e. The van der Waals surface area contributed by atoms with Crippen molar-refractivity contribution < 1.29 is 14.7 Å². The Morgan fingerprint density at radius 3 is 2.50 bits per heavy atom. The maximum absolute atomic E-state index is 12.5. The summed E-state index contributed by atoms with van der Waals surface area (Å²) in [5.74, 6) is -0.708. The summed E-state index contributed by atoms with van der Waals surface area (Å²) in [5.41, 5.74) is 2.52. The summed E-state index contributed by atoms with van der Waals surface area (Å²) >= 11 is 0. The number of nitrogens with one attached hydrogen (secondary N) is 1. The highest BCUT2D eigenvalue weighted by Gasteiger charge is 2.29. The van der Waals surface area contributed by atoms with Crippen molar-refractivity contribution in [3.8, 4) is 0 Å². The van der Waals surface area contributed by atoms with Gasteiger partial charge in [-0.2, -0.15) is 0 Å². The van der Waals surface area contributed by atoms with Gasteiger partial charge in [-0.1, -0.05) is 31.2 Å². The summed E-state index contributed by atoms with van der Waals surface area (Å²) in [6.07, 6.45) is 2.65. The second kappa shape index (κ2) is 12.0. The number of hydrogen-bond acceptors (Lipinski definition) is 4. The second-order valence-corrected chi connectivity index (χ2v) is 7.37. The number of aliphatic carboxylic acids is 1. The van der Waals surface area contributed by atoms with Crippen molar-refractivity contribution in [2.75, 3.05) is 32.7 Å². The number of carboxylic acids is 1. The zero-order valence-electron chi connectivity index (χ0n) is 17.2. The normalized spacial score (nSPS) is 16.4. The number of rotatable bonds is 9. The molecule has 1 atom stereocenters. The van der Waals surface area contributed by atoms with Crippen molar-refractivity contribution in [1.82, 2.24) is 15.1 Å². The number of piperidine rings is 1. The summed E-state index contributed by atoms with van der Waals surface area (Å²) in [7, 11) is 0. The summed E-state index contributed by atoms with van der Waals surface area (Å²) < 4.78 is 0. The lowest BCUT2D eigenvalue weighted by molar-refractivity contribution is -0.139. The van der Waals surface area contributed by atoms with E-state index < -0.39 is 5.97 Å². The third-order valence-electron chi connectivity index (χ3n) is 5.64. The van der Waals surface area contributed by atoms with E-state index >= 15 is 0 Å². The molecular formula is C21H34ClN3O3. The largest absolute Gasteiger partial charge is 0.480 e. The van der Waals surface area contributed by atoms with Gasteiger partial charge < -0.3 is 10.4 Å². The van der Waals surface area contributed by atoms with Crippen LogP contribution >= 0.6 is 12.4 Å². The number of carboxylic acid groups (broad SMARTS) is 1. The third kappa shape index (κ3) is 7.08. The Morgan fingerprint density at radius 2 is 1.93 bits per heavy atom. The second-order valence-electron chi connectivity index (χ2n) is 7.37. The first kappa shape index (κ1) is 24.4. The number of hydrogen-bond donors (Lipinski definition) is 2. The van der Waals surface area contributed by atoms with Gasteiger partial charge in [-0.3, -0.25) is 19.4 Å². The van der Waals surface area contributed by atoms with Crippen LogP contribution in [-0.2, 0) is 16.0 Å². The lowest BCUT2D eigenvalue weighted by atomic mass is 10.0. The molecule has 0 bridgehead atoms. The monoisotopic (exact) mass is 411 g/mol. The topological polar surface area (TPSA) is 72.9 Å². The predicted octanol–water partition coefficient (Wildman–Crippen LogP) is 2.33. The molecule has 6 nitrogen and oxygen atoms in total. The van der Waals surface area contributed by atoms with E-state index in [1.807, 2.05) is 30.9 Å². The van der Waals surface area contributed by atoms with Gasteiger partial charge >= 0.3 is 5.97 Å². The fourth-order valence-corrected chi connectivity index (χ4v) is 3.84. The molecule has 28 heavy (non-hydrogen) atoms. The number of nitrogens with zero attached hydrogens (tertiary/aromatic N) is 2. The van der Waals surface area contributed by atoms with Crippen molar-refractivity contribution >= 4 is 24.3 Å². The Hall–Kier alpha value is -1.63. The molecule has 1 amide bonds. The molecule has 7 heteroatoms. The van der Waals surface area contributed by atoms with E-state index in [-0.39, 0.29) is 30.9 Å². The quantitative estimate of drug-likeness (QED) is 0.652. The van der Waals surface area contributed by atoms with Gasteiger partial charge in [0.2, 0.25) is 5.91 Å². The fourth-order valence-electron chi connectivity index (χ4n) is 3.84. The molecule has 1 aliphatic heterocycles. The Morgan fingerprint density at radius 1 is 1.29 bits per heavy atom. The third-order valence-corrected chi connectivity index (χ3v) is 5.64. The van der Waals surface area contributed by atoms with Crippen LogP contribution in [0.25, 0.3) is 0 Å². The van der Waals surface area contributed by atoms with Crippen molar-refractivity contribution in [3.63, 3.8) is 0 Å². The van der Waals surface area contributed by atoms with Crippen LogP contribution in [0.2, 0.25) is 0 Å². The maximum Gasteiger partial charge on any atom is 0.317 e. The molecule has 1 aromatic carbocycles. The Labute approximate surface area is 174 Å². The van der Waals surface area contributed by atoms with Gasteiger partial charge in [-0.25, -0.2) is 0 Å². The number of amides is 1. The van der Waals surface area contributed by atoms with Crippen LogP contribution in [0.5, 0.6) is 0 Å². The summed E-state index contributed by atoms with van der Waals surface area (Å²) in [5, 5.41) is 12.1. The molecule has 1 heterocycles. The minimum Gasteiger partial charge on any atom is -0.480 e. The average molecular weight is 412 g/mol. The molecule has 1 aliphatic rings. The van der Waals surface area contributed by atoms with E-state index in [9.17, 15) is 9.59 Å². The summed E-state index contributed by atoms with van der Waals surface area (Å²) in [4.78, 5) is 27.7. The lowest BCUT2D eigenvalue weighted by Gasteiger charge is -2.39. The van der Waals surface area contributed by atoms with Crippen LogP contribution in [0.4, 0.5) is 0 Å². The Balaban J connectivity index is 0.00000392. The van der Waals surface area contributed by atoms with E-state index in [1.165, 1.54) is 11.1 Å². The van der Waals surface area contributed by atoms with Crippen LogP contribution in [0.3, 0.4) is 0 Å². The van der Waals surface area contributed by atoms with E-state index in [0.29, 0.717) is 12.6 Å². The van der Waals surface area contributed by atoms with Crippen molar-refractivity contribution in [1.29, 1.82) is 0 Å². The van der Waals surface area contributed by atoms with Crippen molar-refractivity contribution in [2.24, 2.45) is 0 Å². The fraction of sp³-hybridized carbons (Fsp3) is 0.619. The van der Waals surface area contributed by atoms with Gasteiger partial charge in [0.1, 0.15) is 0 Å². The van der Waals surface area contributed by atoms with E-state index in [2.05, 4.69) is 29.3 Å². The van der Waals surface area contributed by atoms with Crippen LogP contribution in [0, 0.1) is 6.92 Å². The van der Waals surface area contributed by atoms with Gasteiger partial charge in [-0.05, 0) is 50.8 Å². The highest BCUT2D eigenvalue weighted by Crippen LogP contribution is 2.18. The molecule has 2 rings (SSSR count). The molecule has 1 unspecified atom stereocenters. The molecule has 0 aliphatic carbocycles. The average Bonchev–Trinajstić information content (AvgIpc) is 2.67. The summed E-state index contributed by atoms with van der Waals surface area (Å²) in [6, 6.07) is 8.39. The number of halogens is 1. The van der Waals surface area contributed by atoms with Gasteiger partial charge in [-0.15, -0.1) is 12.4 Å². The number of benzene rings is 1. The highest BCUT2D eigenvalue weighted by molar-refractivity contribution is 5.85. The molecule has 1 saturated heterocycles. The Bertz CT molecular complexity index is 633. The van der Waals surface area contributed by atoms with Crippen LogP contribution in [0.15, 0.2) is 24.3 Å². The first-order chi connectivity index (χ1) is 12.9. The molecule has 0 spiro atoms. The molecule has 1 aromatic rings. The molecule has 0 radical (unpaired) electrons. The number of carbonyl (C=O) groups is 2. The number of carbonyl (C=O) groups excluding carboxylic acids is 1. The molecule has 0 aromatic heterocycles. The number of aryl methyl sites for hydroxylation is 1. The summed E-state index contributed by atoms with van der Waals surface area (Å²) in [6.45, 7) is 9.18. The van der Waals surface area contributed by atoms with Gasteiger partial charge in [0.15, 0.2) is 0 Å². The molecular weight excluding hydrogens is 378 g/mol. The predicted molar refractivity (Wildman–Crippen MR) is 114 cm³/mol. The minimum atomic E-state index is -0.777. The first-order valence-electron chi connectivity index (χ1n) is 9.94. The lowest BCUT2D eigenvalue weighted by Crippen LogP contribution is -2.52. The van der Waals surface area contributed by atoms with Gasteiger partial charge in [0.05, 0.1) is 12.6 Å². The van der Waals surface area contributed by atoms with Crippen LogP contribution in [-0.4, -0.2) is 71.6 Å². The van der Waals surface area contributed by atoms with Gasteiger partial charge in [0, 0.05) is 25.7 Å². The zero-order chi connectivity index (χ0) is 19.8. The van der Waals surface area contributed by atoms with E-state index in [1.54, 1.807) is 0 Å². The standard InChI is InChI=1S/C21H33N3O3.ClH/c1-4-23(15-20(25)26)19-10-13-24(14-11-19)17(3)21(27)22-12-9-18-8-6-5-7-16(18)2;/h5-8,17,19H,4,9-15H2,1-3H3,(H,22,27)(H,25,26);1H. The van der Waals surface area contributed by atoms with E-state index in [4.69, 9.17) is 5.11 Å². The van der Waals surface area contributed by atoms with Crippen molar-refractivity contribution in [2.45, 2.75) is 52.1 Å². The number of likely N-dealkylation sites (tertiary alicyclic amines) is 1. The first-order valence-corrected chi connectivity index (χ1v) is 9.94. The van der Waals surface area contributed by atoms with E-state index in [0.717, 1.165) is 38.9 Å². The van der Waals surface area contributed by atoms with Gasteiger partial charge in [0.25, 0.3) is 0 Å². The van der Waals surface area contributed by atoms with Crippen LogP contribution in [0.1, 0.15) is 37.8 Å². The zero-order valence-corrected chi connectivity index (χ0v) is 18.0. The molecule has 2 N–H and O–H groups in total. The molecule has 1 fully saturated rings. The molecule has 158 valence electrons. The minimum absolute atomic E-state index is 0. The SMILES string of the molecule is CCN(CC(=O)O)C1CCN(C(C)C(=O)NCCc2ccccc2C)CC1.Cl. The Kier molecular flexibility index (Phi) is 10.5.